The predicted molar refractivity (Wildman–Crippen MR) is 118 cm³/mol. The number of hydrogen-bond acceptors (Lipinski definition) is 6. The van der Waals surface area contributed by atoms with Gasteiger partial charge in [0.05, 0.1) is 16.0 Å². The summed E-state index contributed by atoms with van der Waals surface area (Å²) in [6, 6.07) is 12.8. The lowest BCUT2D eigenvalue weighted by atomic mass is 10.1. The first-order valence-corrected chi connectivity index (χ1v) is 10.0. The number of non-ortho nitro benzene ring substituents is 1. The Morgan fingerprint density at radius 3 is 2.61 bits per heavy atom. The van der Waals surface area contributed by atoms with Crippen LogP contribution in [0.3, 0.4) is 0 Å². The van der Waals surface area contributed by atoms with Crippen LogP contribution < -0.4 is 11.0 Å². The first-order valence-electron chi connectivity index (χ1n) is 10.0. The van der Waals surface area contributed by atoms with Gasteiger partial charge in [-0.3, -0.25) is 19.7 Å². The lowest BCUT2D eigenvalue weighted by Gasteiger charge is -2.10. The summed E-state index contributed by atoms with van der Waals surface area (Å²) in [6.45, 7) is 4.13. The third-order valence-corrected chi connectivity index (χ3v) is 4.86. The van der Waals surface area contributed by atoms with Crippen molar-refractivity contribution in [1.82, 2.24) is 15.2 Å². The minimum Gasteiger partial charge on any atom is -0.267 e. The molecule has 1 N–H and O–H groups in total. The van der Waals surface area contributed by atoms with E-state index in [0.29, 0.717) is 28.6 Å². The number of nitrogens with one attached hydrogen (secondary N) is 1. The molecule has 0 aliphatic rings. The molecule has 0 fully saturated rings. The molecule has 0 unspecified atom stereocenters. The van der Waals surface area contributed by atoms with E-state index < -0.39 is 10.8 Å². The summed E-state index contributed by atoms with van der Waals surface area (Å²) in [5.41, 5.74) is 3.16. The van der Waals surface area contributed by atoms with Crippen LogP contribution in [-0.2, 0) is 6.54 Å². The van der Waals surface area contributed by atoms with E-state index in [4.69, 9.17) is 0 Å². The molecule has 1 heterocycles. The maximum absolute atomic E-state index is 12.9. The van der Waals surface area contributed by atoms with Crippen LogP contribution in [0.15, 0.2) is 58.4 Å². The summed E-state index contributed by atoms with van der Waals surface area (Å²) in [4.78, 5) is 36.1. The highest BCUT2D eigenvalue weighted by atomic mass is 16.6. The molecule has 0 atom stereocenters. The molecule has 0 aliphatic carbocycles. The molecule has 0 saturated heterocycles. The van der Waals surface area contributed by atoms with E-state index in [2.05, 4.69) is 22.5 Å². The minimum absolute atomic E-state index is 0.0646. The molecular formula is C22H23N5O4. The van der Waals surface area contributed by atoms with E-state index in [9.17, 15) is 19.7 Å². The molecule has 1 amide bonds. The van der Waals surface area contributed by atoms with E-state index >= 15 is 0 Å². The van der Waals surface area contributed by atoms with Gasteiger partial charge in [0.2, 0.25) is 0 Å². The summed E-state index contributed by atoms with van der Waals surface area (Å²) >= 11 is 0. The minimum atomic E-state index is -0.565. The Morgan fingerprint density at radius 2 is 1.90 bits per heavy atom. The predicted octanol–water partition coefficient (Wildman–Crippen LogP) is 3.65. The second kappa shape index (κ2) is 9.75. The molecule has 160 valence electrons. The number of benzene rings is 2. The Hall–Kier alpha value is -3.88. The van der Waals surface area contributed by atoms with Crippen molar-refractivity contribution in [3.63, 3.8) is 0 Å². The number of hydrogen-bond donors (Lipinski definition) is 1. The Bertz CT molecular complexity index is 1220. The number of aromatic nitrogens is 2. The molecule has 9 nitrogen and oxygen atoms in total. The first kappa shape index (κ1) is 21.8. The summed E-state index contributed by atoms with van der Waals surface area (Å²) < 4.78 is 1.32. The lowest BCUT2D eigenvalue weighted by molar-refractivity contribution is -0.384. The largest absolute Gasteiger partial charge is 0.292 e. The average Bonchev–Trinajstić information content (AvgIpc) is 2.79. The third-order valence-electron chi connectivity index (χ3n) is 4.86. The quantitative estimate of drug-likeness (QED) is 0.258. The summed E-state index contributed by atoms with van der Waals surface area (Å²) in [6.07, 6.45) is 2.74. The van der Waals surface area contributed by atoms with E-state index in [0.717, 1.165) is 19.3 Å². The molecule has 0 bridgehead atoms. The number of fused-ring (bicyclic) bond motifs is 1. The number of carbonyl (C=O) groups excluding carboxylic acids is 1. The lowest BCUT2D eigenvalue weighted by Crippen LogP contribution is -2.29. The van der Waals surface area contributed by atoms with Crippen molar-refractivity contribution in [3.8, 4) is 0 Å². The molecule has 31 heavy (non-hydrogen) atoms. The number of aryl methyl sites for hydroxylation is 1. The van der Waals surface area contributed by atoms with Gasteiger partial charge in [0.1, 0.15) is 0 Å². The Balaban J connectivity index is 1.92. The van der Waals surface area contributed by atoms with Crippen molar-refractivity contribution in [2.45, 2.75) is 39.7 Å². The third kappa shape index (κ3) is 5.00. The highest BCUT2D eigenvalue weighted by Crippen LogP contribution is 2.15. The van der Waals surface area contributed by atoms with Crippen molar-refractivity contribution < 1.29 is 9.72 Å². The number of nitrogens with zero attached hydrogens (tertiary/aromatic N) is 4. The van der Waals surface area contributed by atoms with Crippen LogP contribution in [0.4, 0.5) is 5.69 Å². The zero-order chi connectivity index (χ0) is 22.4. The van der Waals surface area contributed by atoms with E-state index in [-0.39, 0.29) is 16.9 Å². The maximum atomic E-state index is 12.9. The van der Waals surface area contributed by atoms with Crippen LogP contribution in [0.2, 0.25) is 0 Å². The smallest absolute Gasteiger partial charge is 0.267 e. The molecule has 0 spiro atoms. The molecule has 2 aromatic carbocycles. The van der Waals surface area contributed by atoms with Crippen molar-refractivity contribution in [2.24, 2.45) is 5.10 Å². The van der Waals surface area contributed by atoms with Gasteiger partial charge in [0.15, 0.2) is 5.69 Å². The monoisotopic (exact) mass is 421 g/mol. The van der Waals surface area contributed by atoms with Crippen molar-refractivity contribution >= 4 is 28.1 Å². The van der Waals surface area contributed by atoms with Crippen LogP contribution in [-0.4, -0.2) is 26.3 Å². The summed E-state index contributed by atoms with van der Waals surface area (Å²) in [7, 11) is 0. The molecule has 0 aliphatic heterocycles. The van der Waals surface area contributed by atoms with Crippen LogP contribution in [0.1, 0.15) is 49.2 Å². The summed E-state index contributed by atoms with van der Waals surface area (Å²) in [5, 5.41) is 20.2. The molecule has 3 rings (SSSR count). The average molecular weight is 421 g/mol. The van der Waals surface area contributed by atoms with E-state index in [1.807, 2.05) is 0 Å². The van der Waals surface area contributed by atoms with Gasteiger partial charge in [-0.15, -0.1) is 0 Å². The number of unbranched alkanes of at least 4 members (excludes halogenated alkanes) is 2. The number of nitro groups is 1. The Labute approximate surface area is 178 Å². The highest BCUT2D eigenvalue weighted by Gasteiger charge is 2.16. The Morgan fingerprint density at radius 1 is 1.16 bits per heavy atom. The fourth-order valence-corrected chi connectivity index (χ4v) is 3.16. The molecule has 0 radical (unpaired) electrons. The number of hydrazone groups is 1. The van der Waals surface area contributed by atoms with Crippen molar-refractivity contribution in [3.05, 3.63) is 80.3 Å². The summed E-state index contributed by atoms with van der Waals surface area (Å²) in [5.74, 6) is -0.565. The normalized spacial score (nSPS) is 11.5. The van der Waals surface area contributed by atoms with Crippen LogP contribution in [0.25, 0.3) is 10.8 Å². The number of rotatable bonds is 8. The fraction of sp³-hybridized carbons (Fsp3) is 0.273. The second-order valence-electron chi connectivity index (χ2n) is 7.08. The van der Waals surface area contributed by atoms with Crippen LogP contribution in [0.5, 0.6) is 0 Å². The van der Waals surface area contributed by atoms with Gasteiger partial charge in [-0.1, -0.05) is 50.1 Å². The van der Waals surface area contributed by atoms with Gasteiger partial charge in [0.25, 0.3) is 17.2 Å². The molecule has 1 aromatic heterocycles. The standard InChI is InChI=1S/C22H23N5O4/c1-3-4-7-13-26-22(29)19-12-6-5-11-18(19)20(25-26)21(28)24-23-15(2)16-9-8-10-17(14-16)27(30)31/h5-6,8-12,14H,3-4,7,13H2,1-2H3,(H,24,28)/b23-15-. The topological polar surface area (TPSA) is 119 Å². The zero-order valence-corrected chi connectivity index (χ0v) is 17.4. The molecular weight excluding hydrogens is 398 g/mol. The van der Waals surface area contributed by atoms with Gasteiger partial charge in [0, 0.05) is 29.6 Å². The second-order valence-corrected chi connectivity index (χ2v) is 7.08. The van der Waals surface area contributed by atoms with Crippen molar-refractivity contribution in [2.75, 3.05) is 0 Å². The van der Waals surface area contributed by atoms with Gasteiger partial charge in [-0.2, -0.15) is 10.2 Å². The van der Waals surface area contributed by atoms with Gasteiger partial charge >= 0.3 is 0 Å². The molecule has 0 saturated carbocycles. The highest BCUT2D eigenvalue weighted by molar-refractivity contribution is 6.06. The zero-order valence-electron chi connectivity index (χ0n) is 17.4. The molecule has 9 heteroatoms. The van der Waals surface area contributed by atoms with Crippen molar-refractivity contribution in [1.29, 1.82) is 0 Å². The van der Waals surface area contributed by atoms with E-state index in [1.54, 1.807) is 43.3 Å². The first-order chi connectivity index (χ1) is 14.9. The van der Waals surface area contributed by atoms with Crippen LogP contribution in [0, 0.1) is 10.1 Å². The Kier molecular flexibility index (Phi) is 6.86. The number of nitro benzene ring substituents is 1. The van der Waals surface area contributed by atoms with Gasteiger partial charge in [-0.25, -0.2) is 10.1 Å². The van der Waals surface area contributed by atoms with Gasteiger partial charge < -0.3 is 0 Å². The van der Waals surface area contributed by atoms with E-state index in [1.165, 1.54) is 16.8 Å². The number of carbonyl (C=O) groups is 1. The number of amides is 1. The SMILES string of the molecule is CCCCCn1nc(C(=O)N/N=C(/C)c2cccc([N+](=O)[O-])c2)c2ccccc2c1=O. The maximum Gasteiger partial charge on any atom is 0.292 e. The molecule has 3 aromatic rings. The fourth-order valence-electron chi connectivity index (χ4n) is 3.16. The van der Waals surface area contributed by atoms with Gasteiger partial charge in [-0.05, 0) is 19.4 Å². The van der Waals surface area contributed by atoms with Crippen LogP contribution >= 0.6 is 0 Å².